The SMILES string of the molecule is NC(=O)C1CCN(C(=O)c2cccc3c2CCC3)CC1. The summed E-state index contributed by atoms with van der Waals surface area (Å²) in [6.07, 6.45) is 4.62. The van der Waals surface area contributed by atoms with Gasteiger partial charge in [0.15, 0.2) is 0 Å². The van der Waals surface area contributed by atoms with Crippen LogP contribution in [-0.2, 0) is 17.6 Å². The van der Waals surface area contributed by atoms with Crippen LogP contribution in [0.5, 0.6) is 0 Å². The Bertz CT molecular complexity index is 545. The highest BCUT2D eigenvalue weighted by molar-refractivity contribution is 5.96. The summed E-state index contributed by atoms with van der Waals surface area (Å²) in [5.41, 5.74) is 8.74. The molecule has 3 rings (SSSR count). The molecule has 106 valence electrons. The number of carbonyl (C=O) groups excluding carboxylic acids is 2. The minimum atomic E-state index is -0.238. The summed E-state index contributed by atoms with van der Waals surface area (Å²) in [5, 5.41) is 0. The predicted molar refractivity (Wildman–Crippen MR) is 76.3 cm³/mol. The summed E-state index contributed by atoms with van der Waals surface area (Å²) in [7, 11) is 0. The number of piperidine rings is 1. The molecule has 0 aromatic heterocycles. The molecule has 1 aliphatic carbocycles. The van der Waals surface area contributed by atoms with E-state index in [0.29, 0.717) is 25.9 Å². The molecule has 0 unspecified atom stereocenters. The van der Waals surface area contributed by atoms with Gasteiger partial charge in [0.2, 0.25) is 5.91 Å². The number of nitrogens with two attached hydrogens (primary N) is 1. The number of primary amides is 1. The number of hydrogen-bond donors (Lipinski definition) is 1. The largest absolute Gasteiger partial charge is 0.369 e. The highest BCUT2D eigenvalue weighted by Gasteiger charge is 2.28. The summed E-state index contributed by atoms with van der Waals surface area (Å²) in [6, 6.07) is 6.04. The second-order valence-electron chi connectivity index (χ2n) is 5.77. The number of rotatable bonds is 2. The molecule has 0 saturated carbocycles. The molecule has 1 aromatic carbocycles. The monoisotopic (exact) mass is 272 g/mol. The minimum absolute atomic E-state index is 0.0689. The Morgan fingerprint density at radius 1 is 1.15 bits per heavy atom. The Kier molecular flexibility index (Phi) is 3.47. The lowest BCUT2D eigenvalue weighted by Gasteiger charge is -2.31. The molecular weight excluding hydrogens is 252 g/mol. The van der Waals surface area contributed by atoms with Gasteiger partial charge in [0.05, 0.1) is 0 Å². The third-order valence-corrected chi connectivity index (χ3v) is 4.56. The van der Waals surface area contributed by atoms with E-state index in [2.05, 4.69) is 6.07 Å². The van der Waals surface area contributed by atoms with Crippen LogP contribution in [0.1, 0.15) is 40.7 Å². The van der Waals surface area contributed by atoms with Gasteiger partial charge in [-0.05, 0) is 49.3 Å². The first kappa shape index (κ1) is 13.2. The van der Waals surface area contributed by atoms with Crippen molar-refractivity contribution in [2.24, 2.45) is 11.7 Å². The molecule has 1 saturated heterocycles. The van der Waals surface area contributed by atoms with Gasteiger partial charge in [-0.2, -0.15) is 0 Å². The number of benzene rings is 1. The zero-order valence-corrected chi connectivity index (χ0v) is 11.6. The number of fused-ring (bicyclic) bond motifs is 1. The van der Waals surface area contributed by atoms with Crippen molar-refractivity contribution in [1.29, 1.82) is 0 Å². The normalized spacial score (nSPS) is 18.9. The van der Waals surface area contributed by atoms with Gasteiger partial charge < -0.3 is 10.6 Å². The number of aryl methyl sites for hydroxylation is 1. The van der Waals surface area contributed by atoms with Gasteiger partial charge in [0, 0.05) is 24.6 Å². The average molecular weight is 272 g/mol. The molecule has 20 heavy (non-hydrogen) atoms. The third kappa shape index (κ3) is 2.30. The standard InChI is InChI=1S/C16H20N2O2/c17-15(19)12-7-9-18(10-8-12)16(20)14-6-2-4-11-3-1-5-13(11)14/h2,4,6,12H,1,3,5,7-10H2,(H2,17,19). The van der Waals surface area contributed by atoms with Gasteiger partial charge in [-0.25, -0.2) is 0 Å². The maximum absolute atomic E-state index is 12.6. The average Bonchev–Trinajstić information content (AvgIpc) is 2.95. The molecule has 0 radical (unpaired) electrons. The zero-order valence-electron chi connectivity index (χ0n) is 11.6. The molecule has 4 nitrogen and oxygen atoms in total. The van der Waals surface area contributed by atoms with Crippen molar-refractivity contribution in [2.75, 3.05) is 13.1 Å². The Balaban J connectivity index is 1.75. The van der Waals surface area contributed by atoms with Crippen LogP contribution in [0.4, 0.5) is 0 Å². The van der Waals surface area contributed by atoms with E-state index in [0.717, 1.165) is 24.8 Å². The molecule has 2 N–H and O–H groups in total. The van der Waals surface area contributed by atoms with Crippen molar-refractivity contribution < 1.29 is 9.59 Å². The number of likely N-dealkylation sites (tertiary alicyclic amines) is 1. The summed E-state index contributed by atoms with van der Waals surface area (Å²) in [4.78, 5) is 25.7. The van der Waals surface area contributed by atoms with Crippen molar-refractivity contribution in [3.8, 4) is 0 Å². The molecule has 1 aromatic rings. The molecule has 1 fully saturated rings. The first-order chi connectivity index (χ1) is 9.66. The Morgan fingerprint density at radius 2 is 1.90 bits per heavy atom. The fourth-order valence-corrected chi connectivity index (χ4v) is 3.36. The fraction of sp³-hybridized carbons (Fsp3) is 0.500. The number of carbonyl (C=O) groups is 2. The molecule has 0 atom stereocenters. The van der Waals surface area contributed by atoms with Crippen LogP contribution in [0, 0.1) is 5.92 Å². The lowest BCUT2D eigenvalue weighted by Crippen LogP contribution is -2.42. The number of hydrogen-bond acceptors (Lipinski definition) is 2. The van der Waals surface area contributed by atoms with Gasteiger partial charge in [0.25, 0.3) is 5.91 Å². The van der Waals surface area contributed by atoms with Gasteiger partial charge in [-0.15, -0.1) is 0 Å². The van der Waals surface area contributed by atoms with Crippen LogP contribution in [-0.4, -0.2) is 29.8 Å². The molecule has 2 amide bonds. The van der Waals surface area contributed by atoms with Crippen molar-refractivity contribution in [2.45, 2.75) is 32.1 Å². The van der Waals surface area contributed by atoms with E-state index in [1.54, 1.807) is 0 Å². The smallest absolute Gasteiger partial charge is 0.254 e. The first-order valence-electron chi connectivity index (χ1n) is 7.36. The topological polar surface area (TPSA) is 63.4 Å². The highest BCUT2D eigenvalue weighted by Crippen LogP contribution is 2.27. The molecule has 2 aliphatic rings. The maximum atomic E-state index is 12.6. The minimum Gasteiger partial charge on any atom is -0.369 e. The quantitative estimate of drug-likeness (QED) is 0.887. The fourth-order valence-electron chi connectivity index (χ4n) is 3.36. The number of amides is 2. The van der Waals surface area contributed by atoms with E-state index in [1.165, 1.54) is 11.1 Å². The second kappa shape index (κ2) is 5.27. The van der Waals surface area contributed by atoms with Gasteiger partial charge >= 0.3 is 0 Å². The molecule has 0 spiro atoms. The lowest BCUT2D eigenvalue weighted by atomic mass is 9.95. The molecule has 1 aliphatic heterocycles. The van der Waals surface area contributed by atoms with Crippen molar-refractivity contribution in [1.82, 2.24) is 4.90 Å². The van der Waals surface area contributed by atoms with Crippen molar-refractivity contribution >= 4 is 11.8 Å². The lowest BCUT2D eigenvalue weighted by molar-refractivity contribution is -0.123. The first-order valence-corrected chi connectivity index (χ1v) is 7.36. The summed E-state index contributed by atoms with van der Waals surface area (Å²) >= 11 is 0. The third-order valence-electron chi connectivity index (χ3n) is 4.56. The molecule has 4 heteroatoms. The van der Waals surface area contributed by atoms with E-state index in [4.69, 9.17) is 5.73 Å². The van der Waals surface area contributed by atoms with Gasteiger partial charge in [-0.3, -0.25) is 9.59 Å². The van der Waals surface area contributed by atoms with Crippen molar-refractivity contribution in [3.05, 3.63) is 34.9 Å². The van der Waals surface area contributed by atoms with E-state index in [1.807, 2.05) is 17.0 Å². The molecule has 0 bridgehead atoms. The van der Waals surface area contributed by atoms with Crippen molar-refractivity contribution in [3.63, 3.8) is 0 Å². The zero-order chi connectivity index (χ0) is 14.1. The van der Waals surface area contributed by atoms with Crippen LogP contribution in [0.2, 0.25) is 0 Å². The van der Waals surface area contributed by atoms with Gasteiger partial charge in [-0.1, -0.05) is 12.1 Å². The Labute approximate surface area is 118 Å². The van der Waals surface area contributed by atoms with Crippen LogP contribution < -0.4 is 5.73 Å². The summed E-state index contributed by atoms with van der Waals surface area (Å²) in [6.45, 7) is 1.27. The molecule has 1 heterocycles. The van der Waals surface area contributed by atoms with E-state index in [-0.39, 0.29) is 17.7 Å². The van der Waals surface area contributed by atoms with Gasteiger partial charge in [0.1, 0.15) is 0 Å². The van der Waals surface area contributed by atoms with Crippen LogP contribution in [0.25, 0.3) is 0 Å². The molecular formula is C16H20N2O2. The maximum Gasteiger partial charge on any atom is 0.254 e. The van der Waals surface area contributed by atoms with E-state index >= 15 is 0 Å². The predicted octanol–water partition coefficient (Wildman–Crippen LogP) is 1.51. The number of nitrogens with zero attached hydrogens (tertiary/aromatic N) is 1. The Morgan fingerprint density at radius 3 is 2.60 bits per heavy atom. The van der Waals surface area contributed by atoms with Crippen LogP contribution >= 0.6 is 0 Å². The van der Waals surface area contributed by atoms with E-state index in [9.17, 15) is 9.59 Å². The Hall–Kier alpha value is -1.84. The highest BCUT2D eigenvalue weighted by atomic mass is 16.2. The summed E-state index contributed by atoms with van der Waals surface area (Å²) < 4.78 is 0. The second-order valence-corrected chi connectivity index (χ2v) is 5.77. The van der Waals surface area contributed by atoms with Crippen LogP contribution in [0.15, 0.2) is 18.2 Å². The van der Waals surface area contributed by atoms with E-state index < -0.39 is 0 Å². The van der Waals surface area contributed by atoms with Crippen LogP contribution in [0.3, 0.4) is 0 Å². The summed E-state index contributed by atoms with van der Waals surface area (Å²) in [5.74, 6) is -0.190.